The van der Waals surface area contributed by atoms with Gasteiger partial charge < -0.3 is 15.4 Å². The Labute approximate surface area is 125 Å². The van der Waals surface area contributed by atoms with E-state index in [9.17, 15) is 4.79 Å². The topological polar surface area (TPSA) is 50.4 Å². The van der Waals surface area contributed by atoms with Crippen LogP contribution in [0.2, 0.25) is 0 Å². The van der Waals surface area contributed by atoms with Gasteiger partial charge in [-0.25, -0.2) is 4.79 Å². The second-order valence-corrected chi connectivity index (χ2v) is 8.00. The van der Waals surface area contributed by atoms with Crippen molar-refractivity contribution in [2.75, 3.05) is 6.54 Å². The van der Waals surface area contributed by atoms with Crippen molar-refractivity contribution in [3.05, 3.63) is 21.9 Å². The van der Waals surface area contributed by atoms with Crippen molar-refractivity contribution in [2.45, 2.75) is 59.2 Å². The number of rotatable bonds is 5. The van der Waals surface area contributed by atoms with E-state index in [1.54, 1.807) is 11.3 Å². The molecule has 2 N–H and O–H groups in total. The predicted octanol–water partition coefficient (Wildman–Crippen LogP) is 3.45. The largest absolute Gasteiger partial charge is 0.444 e. The molecule has 0 aliphatic rings. The summed E-state index contributed by atoms with van der Waals surface area (Å²) in [7, 11) is 0. The van der Waals surface area contributed by atoms with Crippen LogP contribution in [0.4, 0.5) is 4.79 Å². The maximum atomic E-state index is 11.8. The Morgan fingerprint density at radius 2 is 1.90 bits per heavy atom. The van der Waals surface area contributed by atoms with Gasteiger partial charge in [-0.3, -0.25) is 0 Å². The van der Waals surface area contributed by atoms with Crippen molar-refractivity contribution < 1.29 is 9.53 Å². The van der Waals surface area contributed by atoms with E-state index in [0.717, 1.165) is 6.54 Å². The fraction of sp³-hybridized carbons (Fsp3) is 0.667. The zero-order valence-corrected chi connectivity index (χ0v) is 14.1. The highest BCUT2D eigenvalue weighted by Gasteiger charge is 2.24. The smallest absolute Gasteiger partial charge is 0.408 e. The van der Waals surface area contributed by atoms with Gasteiger partial charge in [0.2, 0.25) is 0 Å². The lowest BCUT2D eigenvalue weighted by Crippen LogP contribution is -2.51. The van der Waals surface area contributed by atoms with E-state index >= 15 is 0 Å². The number of carbonyl (C=O) groups excluding carboxylic acids is 1. The Kier molecular flexibility index (Phi) is 5.59. The van der Waals surface area contributed by atoms with Crippen molar-refractivity contribution in [1.29, 1.82) is 0 Å². The normalized spacial score (nSPS) is 12.3. The van der Waals surface area contributed by atoms with Crippen molar-refractivity contribution in [3.63, 3.8) is 0 Å². The number of aryl methyl sites for hydroxylation is 1. The Morgan fingerprint density at radius 1 is 1.25 bits per heavy atom. The molecule has 0 radical (unpaired) electrons. The average Bonchev–Trinajstić information content (AvgIpc) is 2.59. The summed E-state index contributed by atoms with van der Waals surface area (Å²) < 4.78 is 5.27. The lowest BCUT2D eigenvalue weighted by atomic mass is 10.1. The number of ether oxygens (including phenoxy) is 1. The van der Waals surface area contributed by atoms with Gasteiger partial charge in [-0.05, 0) is 53.7 Å². The van der Waals surface area contributed by atoms with Crippen LogP contribution in [0.1, 0.15) is 44.4 Å². The summed E-state index contributed by atoms with van der Waals surface area (Å²) in [5.41, 5.74) is -0.823. The van der Waals surface area contributed by atoms with Crippen LogP contribution in [0.25, 0.3) is 0 Å². The third kappa shape index (κ3) is 6.91. The van der Waals surface area contributed by atoms with Gasteiger partial charge >= 0.3 is 6.09 Å². The van der Waals surface area contributed by atoms with Gasteiger partial charge in [0.05, 0.1) is 5.54 Å². The maximum absolute atomic E-state index is 11.8. The van der Waals surface area contributed by atoms with Crippen LogP contribution in [0.3, 0.4) is 0 Å². The summed E-state index contributed by atoms with van der Waals surface area (Å²) in [5, 5.41) is 6.25. The fourth-order valence-electron chi connectivity index (χ4n) is 1.70. The quantitative estimate of drug-likeness (QED) is 0.875. The molecule has 0 saturated heterocycles. The van der Waals surface area contributed by atoms with Crippen LogP contribution in [0, 0.1) is 6.92 Å². The molecule has 0 spiro atoms. The minimum absolute atomic E-state index is 0.353. The third-order valence-electron chi connectivity index (χ3n) is 2.50. The highest BCUT2D eigenvalue weighted by Crippen LogP contribution is 2.15. The van der Waals surface area contributed by atoms with Gasteiger partial charge in [0.1, 0.15) is 5.60 Å². The van der Waals surface area contributed by atoms with Crippen molar-refractivity contribution in [1.82, 2.24) is 10.6 Å². The first-order valence-electron chi connectivity index (χ1n) is 6.85. The minimum Gasteiger partial charge on any atom is -0.444 e. The summed E-state index contributed by atoms with van der Waals surface area (Å²) >= 11 is 1.79. The van der Waals surface area contributed by atoms with Crippen LogP contribution in [-0.2, 0) is 11.3 Å². The maximum Gasteiger partial charge on any atom is 0.408 e. The van der Waals surface area contributed by atoms with Gasteiger partial charge in [-0.1, -0.05) is 0 Å². The lowest BCUT2D eigenvalue weighted by molar-refractivity contribution is 0.0472. The van der Waals surface area contributed by atoms with Gasteiger partial charge in [-0.2, -0.15) is 0 Å². The molecule has 1 amide bonds. The number of alkyl carbamates (subject to hydrolysis) is 1. The van der Waals surface area contributed by atoms with Crippen LogP contribution in [-0.4, -0.2) is 23.8 Å². The molecule has 0 aromatic carbocycles. The molecule has 1 rings (SSSR count). The van der Waals surface area contributed by atoms with Crippen LogP contribution >= 0.6 is 11.3 Å². The van der Waals surface area contributed by atoms with Crippen LogP contribution in [0.15, 0.2) is 12.1 Å². The minimum atomic E-state index is -0.470. The lowest BCUT2D eigenvalue weighted by Gasteiger charge is -2.28. The van der Waals surface area contributed by atoms with Crippen molar-refractivity contribution in [3.8, 4) is 0 Å². The number of thiophene rings is 1. The highest BCUT2D eigenvalue weighted by molar-refractivity contribution is 7.11. The SMILES string of the molecule is Cc1ccc(CNCC(C)(C)NC(=O)OC(C)(C)C)s1. The van der Waals surface area contributed by atoms with Gasteiger partial charge in [0.25, 0.3) is 0 Å². The molecule has 0 unspecified atom stereocenters. The molecule has 4 nitrogen and oxygen atoms in total. The Morgan fingerprint density at radius 3 is 2.40 bits per heavy atom. The highest BCUT2D eigenvalue weighted by atomic mass is 32.1. The van der Waals surface area contributed by atoms with Crippen molar-refractivity contribution >= 4 is 17.4 Å². The first-order chi connectivity index (χ1) is 9.07. The van der Waals surface area contributed by atoms with Crippen molar-refractivity contribution in [2.24, 2.45) is 0 Å². The molecular weight excluding hydrogens is 272 g/mol. The zero-order valence-electron chi connectivity index (χ0n) is 13.3. The third-order valence-corrected chi connectivity index (χ3v) is 3.50. The van der Waals surface area contributed by atoms with Gasteiger partial charge in [0.15, 0.2) is 0 Å². The molecule has 0 saturated carbocycles. The van der Waals surface area contributed by atoms with Crippen LogP contribution in [0.5, 0.6) is 0 Å². The molecule has 1 aromatic rings. The summed E-state index contributed by atoms with van der Waals surface area (Å²) in [5.74, 6) is 0. The molecule has 0 atom stereocenters. The molecule has 0 aliphatic carbocycles. The van der Waals surface area contributed by atoms with E-state index in [-0.39, 0.29) is 11.6 Å². The summed E-state index contributed by atoms with van der Waals surface area (Å²) in [6, 6.07) is 4.24. The molecule has 1 aromatic heterocycles. The van der Waals surface area contributed by atoms with Gasteiger partial charge in [0, 0.05) is 22.8 Å². The predicted molar refractivity (Wildman–Crippen MR) is 84.2 cm³/mol. The first kappa shape index (κ1) is 17.0. The molecule has 0 bridgehead atoms. The number of carbonyl (C=O) groups is 1. The average molecular weight is 298 g/mol. The Bertz CT molecular complexity index is 447. The Balaban J connectivity index is 2.35. The van der Waals surface area contributed by atoms with E-state index in [2.05, 4.69) is 29.7 Å². The molecule has 0 aliphatic heterocycles. The van der Waals surface area contributed by atoms with E-state index in [4.69, 9.17) is 4.74 Å². The zero-order chi connectivity index (χ0) is 15.4. The molecule has 20 heavy (non-hydrogen) atoms. The molecule has 5 heteroatoms. The van der Waals surface area contributed by atoms with Gasteiger partial charge in [-0.15, -0.1) is 11.3 Å². The number of nitrogens with one attached hydrogen (secondary N) is 2. The summed E-state index contributed by atoms with van der Waals surface area (Å²) in [6.45, 7) is 13.1. The second kappa shape index (κ2) is 6.59. The molecule has 0 fully saturated rings. The number of hydrogen-bond acceptors (Lipinski definition) is 4. The van der Waals surface area contributed by atoms with E-state index in [0.29, 0.717) is 6.54 Å². The molecule has 114 valence electrons. The molecule has 1 heterocycles. The standard InChI is InChI=1S/C15H26N2O2S/c1-11-7-8-12(20-11)9-16-10-15(5,6)17-13(18)19-14(2,3)4/h7-8,16H,9-10H2,1-6H3,(H,17,18). The monoisotopic (exact) mass is 298 g/mol. The number of amides is 1. The van der Waals surface area contributed by atoms with E-state index in [1.807, 2.05) is 34.6 Å². The second-order valence-electron chi connectivity index (χ2n) is 6.63. The van der Waals surface area contributed by atoms with E-state index < -0.39 is 5.60 Å². The first-order valence-corrected chi connectivity index (χ1v) is 7.66. The summed E-state index contributed by atoms with van der Waals surface area (Å²) in [4.78, 5) is 14.4. The number of hydrogen-bond donors (Lipinski definition) is 2. The van der Waals surface area contributed by atoms with E-state index in [1.165, 1.54) is 9.75 Å². The Hall–Kier alpha value is -1.07. The summed E-state index contributed by atoms with van der Waals surface area (Å²) in [6.07, 6.45) is -0.378. The molecular formula is C15H26N2O2S. The van der Waals surface area contributed by atoms with Crippen LogP contribution < -0.4 is 10.6 Å². The fourth-order valence-corrected chi connectivity index (χ4v) is 2.56.